The summed E-state index contributed by atoms with van der Waals surface area (Å²) in [6, 6.07) is 1.83. The predicted molar refractivity (Wildman–Crippen MR) is 76.7 cm³/mol. The second kappa shape index (κ2) is 8.69. The van der Waals surface area contributed by atoms with Gasteiger partial charge < -0.3 is 14.8 Å². The molecule has 1 heterocycles. The van der Waals surface area contributed by atoms with Crippen LogP contribution in [0.3, 0.4) is 0 Å². The van der Waals surface area contributed by atoms with E-state index in [0.717, 1.165) is 37.6 Å². The minimum absolute atomic E-state index is 0.311. The Balaban J connectivity index is 2.28. The second-order valence-corrected chi connectivity index (χ2v) is 4.63. The summed E-state index contributed by atoms with van der Waals surface area (Å²) in [5.74, 6) is 2.16. The maximum Gasteiger partial charge on any atom is 0.218 e. The summed E-state index contributed by atoms with van der Waals surface area (Å²) in [6.07, 6.45) is 2.42. The van der Waals surface area contributed by atoms with Crippen LogP contribution in [0.2, 0.25) is 0 Å². The molecule has 0 atom stereocenters. The minimum atomic E-state index is 0.311. The summed E-state index contributed by atoms with van der Waals surface area (Å²) in [7, 11) is 0. The molecule has 0 aliphatic carbocycles. The summed E-state index contributed by atoms with van der Waals surface area (Å²) < 4.78 is 10.9. The molecule has 0 radical (unpaired) electrons. The Morgan fingerprint density at radius 2 is 2.05 bits per heavy atom. The Hall–Kier alpha value is -1.36. The molecule has 1 N–H and O–H groups in total. The average Bonchev–Trinajstić information content (AvgIpc) is 2.33. The summed E-state index contributed by atoms with van der Waals surface area (Å²) in [6.45, 7) is 10.2. The van der Waals surface area contributed by atoms with Crippen molar-refractivity contribution >= 4 is 5.82 Å². The van der Waals surface area contributed by atoms with Gasteiger partial charge in [0, 0.05) is 19.2 Å². The largest absolute Gasteiger partial charge is 0.478 e. The number of aryl methyl sites for hydroxylation is 1. The molecule has 108 valence electrons. The SMILES string of the molecule is CCOc1cc(NCCCCOC(C)C)nc(C)n1. The van der Waals surface area contributed by atoms with E-state index >= 15 is 0 Å². The molecule has 0 saturated carbocycles. The number of nitrogens with one attached hydrogen (secondary N) is 1. The van der Waals surface area contributed by atoms with Crippen LogP contribution in [0, 0.1) is 6.92 Å². The van der Waals surface area contributed by atoms with Gasteiger partial charge >= 0.3 is 0 Å². The third-order valence-corrected chi connectivity index (χ3v) is 2.44. The molecule has 0 spiro atoms. The topological polar surface area (TPSA) is 56.3 Å². The molecule has 0 aromatic carbocycles. The maximum absolute atomic E-state index is 5.49. The first kappa shape index (κ1) is 15.7. The molecule has 0 unspecified atom stereocenters. The molecule has 0 fully saturated rings. The fraction of sp³-hybridized carbons (Fsp3) is 0.714. The van der Waals surface area contributed by atoms with E-state index in [-0.39, 0.29) is 0 Å². The number of rotatable bonds is 9. The van der Waals surface area contributed by atoms with Gasteiger partial charge in [0.1, 0.15) is 11.6 Å². The van der Waals surface area contributed by atoms with Gasteiger partial charge in [-0.25, -0.2) is 4.98 Å². The molecule has 19 heavy (non-hydrogen) atoms. The third-order valence-electron chi connectivity index (χ3n) is 2.44. The molecule has 5 heteroatoms. The Labute approximate surface area is 115 Å². The highest BCUT2D eigenvalue weighted by Gasteiger charge is 2.02. The number of hydrogen-bond donors (Lipinski definition) is 1. The highest BCUT2D eigenvalue weighted by Crippen LogP contribution is 2.13. The molecule has 0 bridgehead atoms. The van der Waals surface area contributed by atoms with Gasteiger partial charge in [-0.2, -0.15) is 4.98 Å². The lowest BCUT2D eigenvalue weighted by molar-refractivity contribution is 0.0765. The van der Waals surface area contributed by atoms with Crippen molar-refractivity contribution in [3.05, 3.63) is 11.9 Å². The van der Waals surface area contributed by atoms with Gasteiger partial charge in [0.15, 0.2) is 0 Å². The van der Waals surface area contributed by atoms with Gasteiger partial charge in [-0.1, -0.05) is 0 Å². The van der Waals surface area contributed by atoms with Crippen molar-refractivity contribution in [1.29, 1.82) is 0 Å². The Kier molecular flexibility index (Phi) is 7.18. The van der Waals surface area contributed by atoms with Gasteiger partial charge in [-0.15, -0.1) is 0 Å². The van der Waals surface area contributed by atoms with Crippen LogP contribution in [0.1, 0.15) is 39.4 Å². The Bertz CT molecular complexity index is 370. The summed E-state index contributed by atoms with van der Waals surface area (Å²) in [4.78, 5) is 8.54. The van der Waals surface area contributed by atoms with Gasteiger partial charge in [0.2, 0.25) is 5.88 Å². The van der Waals surface area contributed by atoms with E-state index < -0.39 is 0 Å². The van der Waals surface area contributed by atoms with Gasteiger partial charge in [0.25, 0.3) is 0 Å². The van der Waals surface area contributed by atoms with Crippen molar-refractivity contribution in [2.75, 3.05) is 25.1 Å². The van der Waals surface area contributed by atoms with Crippen LogP contribution in [-0.4, -0.2) is 35.8 Å². The van der Waals surface area contributed by atoms with E-state index in [4.69, 9.17) is 9.47 Å². The van der Waals surface area contributed by atoms with Crippen molar-refractivity contribution in [3.63, 3.8) is 0 Å². The summed E-state index contributed by atoms with van der Waals surface area (Å²) >= 11 is 0. The van der Waals surface area contributed by atoms with Crippen molar-refractivity contribution < 1.29 is 9.47 Å². The van der Waals surface area contributed by atoms with Crippen molar-refractivity contribution in [2.24, 2.45) is 0 Å². The standard InChI is InChI=1S/C14H25N3O2/c1-5-18-14-10-13(16-12(4)17-14)15-8-6-7-9-19-11(2)3/h10-11H,5-9H2,1-4H3,(H,15,16,17). The molecule has 0 saturated heterocycles. The molecular weight excluding hydrogens is 242 g/mol. The van der Waals surface area contributed by atoms with Crippen LogP contribution in [0.15, 0.2) is 6.07 Å². The lowest BCUT2D eigenvalue weighted by atomic mass is 10.3. The monoisotopic (exact) mass is 267 g/mol. The lowest BCUT2D eigenvalue weighted by Gasteiger charge is -2.09. The van der Waals surface area contributed by atoms with E-state index in [2.05, 4.69) is 29.1 Å². The van der Waals surface area contributed by atoms with E-state index in [9.17, 15) is 0 Å². The molecule has 0 aliphatic rings. The molecule has 1 rings (SSSR count). The Morgan fingerprint density at radius 1 is 1.26 bits per heavy atom. The van der Waals surface area contributed by atoms with E-state index in [0.29, 0.717) is 18.6 Å². The first-order chi connectivity index (χ1) is 9.11. The van der Waals surface area contributed by atoms with Gasteiger partial charge in [-0.05, 0) is 40.5 Å². The first-order valence-corrected chi connectivity index (χ1v) is 6.95. The normalized spacial score (nSPS) is 10.8. The summed E-state index contributed by atoms with van der Waals surface area (Å²) in [5, 5.41) is 3.29. The van der Waals surface area contributed by atoms with Gasteiger partial charge in [-0.3, -0.25) is 0 Å². The fourth-order valence-corrected chi connectivity index (χ4v) is 1.62. The minimum Gasteiger partial charge on any atom is -0.478 e. The fourth-order valence-electron chi connectivity index (χ4n) is 1.62. The molecule has 0 aliphatic heterocycles. The first-order valence-electron chi connectivity index (χ1n) is 6.95. The van der Waals surface area contributed by atoms with Crippen molar-refractivity contribution in [3.8, 4) is 5.88 Å². The van der Waals surface area contributed by atoms with Crippen LogP contribution >= 0.6 is 0 Å². The zero-order valence-electron chi connectivity index (χ0n) is 12.4. The third kappa shape index (κ3) is 6.96. The second-order valence-electron chi connectivity index (χ2n) is 4.63. The van der Waals surface area contributed by atoms with Crippen LogP contribution in [0.5, 0.6) is 5.88 Å². The van der Waals surface area contributed by atoms with Crippen LogP contribution in [0.25, 0.3) is 0 Å². The number of nitrogens with zero attached hydrogens (tertiary/aromatic N) is 2. The highest BCUT2D eigenvalue weighted by atomic mass is 16.5. The number of anilines is 1. The van der Waals surface area contributed by atoms with Crippen LogP contribution in [-0.2, 0) is 4.74 Å². The molecular formula is C14H25N3O2. The Morgan fingerprint density at radius 3 is 2.74 bits per heavy atom. The molecule has 0 amide bonds. The number of hydrogen-bond acceptors (Lipinski definition) is 5. The van der Waals surface area contributed by atoms with Crippen molar-refractivity contribution in [2.45, 2.75) is 46.6 Å². The molecule has 1 aromatic heterocycles. The predicted octanol–water partition coefficient (Wildman–Crippen LogP) is 2.80. The van der Waals surface area contributed by atoms with E-state index in [1.54, 1.807) is 0 Å². The van der Waals surface area contributed by atoms with Gasteiger partial charge in [0.05, 0.1) is 12.7 Å². The zero-order valence-corrected chi connectivity index (χ0v) is 12.4. The quantitative estimate of drug-likeness (QED) is 0.697. The van der Waals surface area contributed by atoms with E-state index in [1.165, 1.54) is 0 Å². The molecule has 1 aromatic rings. The highest BCUT2D eigenvalue weighted by molar-refractivity contribution is 5.38. The number of unbranched alkanes of at least 4 members (excludes halogenated alkanes) is 1. The zero-order chi connectivity index (χ0) is 14.1. The average molecular weight is 267 g/mol. The number of aromatic nitrogens is 2. The smallest absolute Gasteiger partial charge is 0.218 e. The van der Waals surface area contributed by atoms with Crippen molar-refractivity contribution in [1.82, 2.24) is 9.97 Å². The number of ether oxygens (including phenoxy) is 2. The summed E-state index contributed by atoms with van der Waals surface area (Å²) in [5.41, 5.74) is 0. The lowest BCUT2D eigenvalue weighted by Crippen LogP contribution is -2.08. The molecule has 5 nitrogen and oxygen atoms in total. The maximum atomic E-state index is 5.49. The van der Waals surface area contributed by atoms with Crippen LogP contribution in [0.4, 0.5) is 5.82 Å². The van der Waals surface area contributed by atoms with Crippen LogP contribution < -0.4 is 10.1 Å². The van der Waals surface area contributed by atoms with E-state index in [1.807, 2.05) is 19.9 Å².